The van der Waals surface area contributed by atoms with Crippen molar-refractivity contribution in [3.63, 3.8) is 0 Å². The third-order valence-corrected chi connectivity index (χ3v) is 6.44. The van der Waals surface area contributed by atoms with Crippen molar-refractivity contribution < 1.29 is 13.2 Å². The zero-order valence-corrected chi connectivity index (χ0v) is 15.7. The monoisotopic (exact) mass is 372 g/mol. The van der Waals surface area contributed by atoms with Crippen LogP contribution >= 0.6 is 0 Å². The first-order valence-corrected chi connectivity index (χ1v) is 10.5. The Morgan fingerprint density at radius 2 is 1.81 bits per heavy atom. The molecule has 1 amide bonds. The van der Waals surface area contributed by atoms with Crippen molar-refractivity contribution >= 4 is 15.7 Å². The van der Waals surface area contributed by atoms with Crippen LogP contribution in [-0.4, -0.2) is 45.4 Å². The van der Waals surface area contributed by atoms with Crippen LogP contribution < -0.4 is 5.32 Å². The first-order chi connectivity index (χ1) is 12.5. The summed E-state index contributed by atoms with van der Waals surface area (Å²) in [6, 6.07) is 15.6. The molecule has 6 heteroatoms. The van der Waals surface area contributed by atoms with Gasteiger partial charge in [-0.3, -0.25) is 4.79 Å². The molecule has 1 fully saturated rings. The number of nitrogens with zero attached hydrogens (tertiary/aromatic N) is 1. The van der Waals surface area contributed by atoms with E-state index in [1.54, 1.807) is 24.3 Å². The van der Waals surface area contributed by atoms with E-state index in [2.05, 4.69) is 5.32 Å². The summed E-state index contributed by atoms with van der Waals surface area (Å²) in [6.07, 6.45) is 2.00. The highest BCUT2D eigenvalue weighted by Crippen LogP contribution is 2.22. The van der Waals surface area contributed by atoms with Crippen LogP contribution in [0.2, 0.25) is 0 Å². The van der Waals surface area contributed by atoms with E-state index in [1.165, 1.54) is 12.1 Å². The van der Waals surface area contributed by atoms with Gasteiger partial charge in [0, 0.05) is 24.7 Å². The second-order valence-electron chi connectivity index (χ2n) is 6.62. The Bertz CT molecular complexity index is 848. The summed E-state index contributed by atoms with van der Waals surface area (Å²) in [5.74, 6) is -0.0768. The van der Waals surface area contributed by atoms with Crippen molar-refractivity contribution in [1.82, 2.24) is 10.2 Å². The summed E-state index contributed by atoms with van der Waals surface area (Å²) in [7, 11) is -1.55. The molecule has 2 aromatic rings. The Hall–Kier alpha value is -2.18. The van der Waals surface area contributed by atoms with Crippen molar-refractivity contribution in [3.8, 4) is 0 Å². The quantitative estimate of drug-likeness (QED) is 0.846. The molecule has 1 N–H and O–H groups in total. The summed E-state index contributed by atoms with van der Waals surface area (Å²) >= 11 is 0. The number of likely N-dealkylation sites (tertiary alicyclic amines) is 1. The van der Waals surface area contributed by atoms with Crippen molar-refractivity contribution in [1.29, 1.82) is 0 Å². The van der Waals surface area contributed by atoms with E-state index >= 15 is 0 Å². The van der Waals surface area contributed by atoms with Crippen molar-refractivity contribution in [2.24, 2.45) is 0 Å². The van der Waals surface area contributed by atoms with Crippen LogP contribution in [0.15, 0.2) is 59.5 Å². The number of nitrogens with one attached hydrogen (secondary N) is 1. The van der Waals surface area contributed by atoms with Gasteiger partial charge in [-0.05, 0) is 49.7 Å². The van der Waals surface area contributed by atoms with Gasteiger partial charge in [-0.25, -0.2) is 8.42 Å². The lowest BCUT2D eigenvalue weighted by Crippen LogP contribution is -2.40. The molecule has 1 heterocycles. The lowest BCUT2D eigenvalue weighted by atomic mass is 10.1. The smallest absolute Gasteiger partial charge is 0.254 e. The Balaban J connectivity index is 1.74. The van der Waals surface area contributed by atoms with Gasteiger partial charge in [-0.2, -0.15) is 0 Å². The first-order valence-electron chi connectivity index (χ1n) is 8.83. The van der Waals surface area contributed by atoms with E-state index in [4.69, 9.17) is 0 Å². The third-order valence-electron chi connectivity index (χ3n) is 4.74. The highest BCUT2D eigenvalue weighted by atomic mass is 32.2. The molecule has 138 valence electrons. The van der Waals surface area contributed by atoms with Crippen LogP contribution in [0.5, 0.6) is 0 Å². The second-order valence-corrected chi connectivity index (χ2v) is 8.61. The molecule has 0 aromatic heterocycles. The van der Waals surface area contributed by atoms with Gasteiger partial charge in [-0.15, -0.1) is 0 Å². The average Bonchev–Trinajstić information content (AvgIpc) is 3.10. The van der Waals surface area contributed by atoms with E-state index in [0.29, 0.717) is 5.56 Å². The Morgan fingerprint density at radius 3 is 2.46 bits per heavy atom. The lowest BCUT2D eigenvalue weighted by Gasteiger charge is -2.24. The third kappa shape index (κ3) is 4.14. The molecule has 2 aromatic carbocycles. The minimum absolute atomic E-state index is 0.0326. The number of likely N-dealkylation sites (N-methyl/N-ethyl adjacent to an activating group) is 1. The molecule has 0 saturated carbocycles. The predicted octanol–water partition coefficient (Wildman–Crippen LogP) is 2.48. The summed E-state index contributed by atoms with van der Waals surface area (Å²) in [6.45, 7) is 1.52. The highest BCUT2D eigenvalue weighted by Gasteiger charge is 2.29. The summed E-state index contributed by atoms with van der Waals surface area (Å²) in [5.41, 5.74) is 1.28. The highest BCUT2D eigenvalue weighted by molar-refractivity contribution is 7.90. The molecule has 5 nitrogen and oxygen atoms in total. The fourth-order valence-electron chi connectivity index (χ4n) is 3.40. The minimum atomic E-state index is -3.43. The first kappa shape index (κ1) is 18.6. The molecular weight excluding hydrogens is 348 g/mol. The number of hydrogen-bond acceptors (Lipinski definition) is 4. The number of benzene rings is 2. The van der Waals surface area contributed by atoms with E-state index < -0.39 is 9.84 Å². The van der Waals surface area contributed by atoms with Crippen LogP contribution in [0.25, 0.3) is 0 Å². The maximum Gasteiger partial charge on any atom is 0.254 e. The summed E-state index contributed by atoms with van der Waals surface area (Å²) in [5, 5.41) is 3.12. The normalized spacial score (nSPS) is 17.4. The van der Waals surface area contributed by atoms with Gasteiger partial charge in [-0.1, -0.05) is 30.3 Å². The maximum absolute atomic E-state index is 12.7. The number of rotatable bonds is 6. The molecule has 1 aliphatic heterocycles. The minimum Gasteiger partial charge on any atom is -0.334 e. The Morgan fingerprint density at radius 1 is 1.12 bits per heavy atom. The molecule has 1 saturated heterocycles. The van der Waals surface area contributed by atoms with Crippen LogP contribution in [-0.2, 0) is 15.6 Å². The molecule has 1 atom stereocenters. The largest absolute Gasteiger partial charge is 0.334 e. The summed E-state index contributed by atoms with van der Waals surface area (Å²) < 4.78 is 25.1. The molecule has 3 rings (SSSR count). The number of carbonyl (C=O) groups is 1. The maximum atomic E-state index is 12.7. The van der Waals surface area contributed by atoms with Gasteiger partial charge in [0.25, 0.3) is 5.91 Å². The van der Waals surface area contributed by atoms with Crippen LogP contribution in [0.3, 0.4) is 0 Å². The van der Waals surface area contributed by atoms with E-state index in [-0.39, 0.29) is 22.6 Å². The van der Waals surface area contributed by atoms with Gasteiger partial charge < -0.3 is 10.2 Å². The van der Waals surface area contributed by atoms with E-state index in [1.807, 2.05) is 30.1 Å². The standard InChI is InChI=1S/C20H24N2O3S/c1-21-14-18-8-5-13-22(18)20(23)17-9-11-19(12-10-17)26(24,25)15-16-6-3-2-4-7-16/h2-4,6-7,9-12,18,21H,5,8,13-15H2,1H3. The lowest BCUT2D eigenvalue weighted by molar-refractivity contribution is 0.0737. The number of sulfone groups is 1. The average molecular weight is 372 g/mol. The Labute approximate surface area is 154 Å². The van der Waals surface area contributed by atoms with Crippen molar-refractivity contribution in [2.45, 2.75) is 29.5 Å². The fourth-order valence-corrected chi connectivity index (χ4v) is 4.75. The van der Waals surface area contributed by atoms with Gasteiger partial charge in [0.05, 0.1) is 10.6 Å². The van der Waals surface area contributed by atoms with Gasteiger partial charge in [0.2, 0.25) is 0 Å². The molecule has 1 unspecified atom stereocenters. The number of amides is 1. The number of carbonyl (C=O) groups excluding carboxylic acids is 1. The van der Waals surface area contributed by atoms with Gasteiger partial charge in [0.15, 0.2) is 9.84 Å². The van der Waals surface area contributed by atoms with E-state index in [0.717, 1.165) is 31.5 Å². The van der Waals surface area contributed by atoms with E-state index in [9.17, 15) is 13.2 Å². The molecule has 0 aliphatic carbocycles. The SMILES string of the molecule is CNCC1CCCN1C(=O)c1ccc(S(=O)(=O)Cc2ccccc2)cc1. The van der Waals surface area contributed by atoms with Gasteiger partial charge in [0.1, 0.15) is 0 Å². The summed E-state index contributed by atoms with van der Waals surface area (Å²) in [4.78, 5) is 14.9. The van der Waals surface area contributed by atoms with Crippen LogP contribution in [0.1, 0.15) is 28.8 Å². The van der Waals surface area contributed by atoms with Gasteiger partial charge >= 0.3 is 0 Å². The molecular formula is C20H24N2O3S. The zero-order valence-electron chi connectivity index (χ0n) is 14.9. The van der Waals surface area contributed by atoms with Crippen molar-refractivity contribution in [2.75, 3.05) is 20.1 Å². The van der Waals surface area contributed by atoms with Crippen molar-refractivity contribution in [3.05, 3.63) is 65.7 Å². The number of hydrogen-bond donors (Lipinski definition) is 1. The zero-order chi connectivity index (χ0) is 18.6. The molecule has 0 radical (unpaired) electrons. The molecule has 0 spiro atoms. The topological polar surface area (TPSA) is 66.5 Å². The fraction of sp³-hybridized carbons (Fsp3) is 0.350. The second kappa shape index (κ2) is 8.01. The van der Waals surface area contributed by atoms with Crippen LogP contribution in [0.4, 0.5) is 0 Å². The van der Waals surface area contributed by atoms with Crippen LogP contribution in [0, 0.1) is 0 Å². The Kier molecular flexibility index (Phi) is 5.74. The predicted molar refractivity (Wildman–Crippen MR) is 102 cm³/mol. The molecule has 26 heavy (non-hydrogen) atoms. The molecule has 0 bridgehead atoms. The molecule has 1 aliphatic rings.